The summed E-state index contributed by atoms with van der Waals surface area (Å²) >= 11 is 0. The van der Waals surface area contributed by atoms with Gasteiger partial charge in [-0.2, -0.15) is 0 Å². The van der Waals surface area contributed by atoms with Gasteiger partial charge in [0.05, 0.1) is 19.2 Å². The van der Waals surface area contributed by atoms with E-state index in [0.717, 1.165) is 5.56 Å². The van der Waals surface area contributed by atoms with E-state index in [-0.39, 0.29) is 37.2 Å². The molecule has 0 aromatic carbocycles. The number of amides is 2. The van der Waals surface area contributed by atoms with Crippen molar-refractivity contribution in [3.05, 3.63) is 65.1 Å². The van der Waals surface area contributed by atoms with Gasteiger partial charge in [-0.05, 0) is 24.6 Å². The Morgan fingerprint density at radius 1 is 1.34 bits per heavy atom. The molecule has 11 heteroatoms. The van der Waals surface area contributed by atoms with Crippen LogP contribution in [0.4, 0.5) is 14.6 Å². The van der Waals surface area contributed by atoms with Crippen LogP contribution in [-0.4, -0.2) is 44.7 Å². The number of halogens is 2. The molecule has 2 amide bonds. The highest BCUT2D eigenvalue weighted by Gasteiger charge is 2.30. The fourth-order valence-electron chi connectivity index (χ4n) is 3.41. The van der Waals surface area contributed by atoms with Gasteiger partial charge >= 0.3 is 0 Å². The zero-order valence-electron chi connectivity index (χ0n) is 17.0. The van der Waals surface area contributed by atoms with Gasteiger partial charge in [0.15, 0.2) is 13.0 Å². The molecular formula is C21H19F2N5O4. The van der Waals surface area contributed by atoms with Crippen molar-refractivity contribution >= 4 is 17.6 Å². The van der Waals surface area contributed by atoms with Crippen LogP contribution >= 0.6 is 0 Å². The van der Waals surface area contributed by atoms with Gasteiger partial charge in [-0.25, -0.2) is 23.7 Å². The lowest BCUT2D eigenvalue weighted by molar-refractivity contribution is -0.115. The third-order valence-corrected chi connectivity index (χ3v) is 4.80. The first-order valence-corrected chi connectivity index (χ1v) is 9.71. The molecule has 9 nitrogen and oxygen atoms in total. The van der Waals surface area contributed by atoms with Gasteiger partial charge in [-0.15, -0.1) is 0 Å². The number of aromatic nitrogens is 3. The molecule has 0 fully saturated rings. The first-order valence-electron chi connectivity index (χ1n) is 9.71. The lowest BCUT2D eigenvalue weighted by atomic mass is 10.1. The summed E-state index contributed by atoms with van der Waals surface area (Å²) < 4.78 is 34.7. The fraction of sp³-hybridized carbons (Fsp3) is 0.286. The molecule has 4 heterocycles. The Bertz CT molecular complexity index is 1140. The number of fused-ring (bicyclic) bond motifs is 1. The molecule has 0 atom stereocenters. The number of carbonyl (C=O) groups excluding carboxylic acids is 2. The van der Waals surface area contributed by atoms with Crippen LogP contribution in [0.3, 0.4) is 0 Å². The minimum Gasteiger partial charge on any atom is -0.471 e. The minimum absolute atomic E-state index is 0.00602. The van der Waals surface area contributed by atoms with E-state index in [9.17, 15) is 18.4 Å². The molecule has 166 valence electrons. The Labute approximate surface area is 181 Å². The predicted molar refractivity (Wildman–Crippen MR) is 107 cm³/mol. The van der Waals surface area contributed by atoms with Crippen molar-refractivity contribution in [3.8, 4) is 5.88 Å². The molecule has 0 aliphatic carbocycles. The molecule has 4 rings (SSSR count). The van der Waals surface area contributed by atoms with Crippen LogP contribution in [0.1, 0.15) is 32.8 Å². The Balaban J connectivity index is 1.44. The summed E-state index contributed by atoms with van der Waals surface area (Å²) in [5, 5.41) is 2.72. The monoisotopic (exact) mass is 443 g/mol. The van der Waals surface area contributed by atoms with Gasteiger partial charge in [0.2, 0.25) is 11.8 Å². The molecule has 32 heavy (non-hydrogen) atoms. The maximum absolute atomic E-state index is 12.9. The highest BCUT2D eigenvalue weighted by molar-refractivity contribution is 6.01. The number of pyridine rings is 2. The predicted octanol–water partition coefficient (Wildman–Crippen LogP) is 2.75. The van der Waals surface area contributed by atoms with Crippen molar-refractivity contribution in [2.45, 2.75) is 32.9 Å². The SMILES string of the molecule is Cc1cc(CN2Cc3c(ccnc3NC(=O)Cc3cnco3)C2=O)cnc1OCC(F)F. The molecule has 0 unspecified atom stereocenters. The third-order valence-electron chi connectivity index (χ3n) is 4.80. The number of hydrogen-bond acceptors (Lipinski definition) is 7. The van der Waals surface area contributed by atoms with E-state index in [1.54, 1.807) is 24.0 Å². The molecule has 0 radical (unpaired) electrons. The lowest BCUT2D eigenvalue weighted by Gasteiger charge is -2.16. The van der Waals surface area contributed by atoms with Crippen LogP contribution in [0.5, 0.6) is 5.88 Å². The Hall–Kier alpha value is -3.89. The van der Waals surface area contributed by atoms with E-state index >= 15 is 0 Å². The molecular weight excluding hydrogens is 424 g/mol. The second-order valence-corrected chi connectivity index (χ2v) is 7.21. The second kappa shape index (κ2) is 9.08. The zero-order valence-corrected chi connectivity index (χ0v) is 17.0. The number of nitrogens with one attached hydrogen (secondary N) is 1. The molecule has 0 saturated carbocycles. The Morgan fingerprint density at radius 2 is 2.19 bits per heavy atom. The average molecular weight is 443 g/mol. The summed E-state index contributed by atoms with van der Waals surface area (Å²) in [6.07, 6.45) is 3.05. The van der Waals surface area contributed by atoms with E-state index < -0.39 is 13.0 Å². The quantitative estimate of drug-likeness (QED) is 0.570. The van der Waals surface area contributed by atoms with Crippen molar-refractivity contribution in [2.24, 2.45) is 0 Å². The number of oxazole rings is 1. The van der Waals surface area contributed by atoms with Crippen LogP contribution < -0.4 is 10.1 Å². The van der Waals surface area contributed by atoms with E-state index in [1.165, 1.54) is 25.0 Å². The summed E-state index contributed by atoms with van der Waals surface area (Å²) in [6, 6.07) is 3.34. The highest BCUT2D eigenvalue weighted by atomic mass is 19.3. The summed E-state index contributed by atoms with van der Waals surface area (Å²) in [7, 11) is 0. The van der Waals surface area contributed by atoms with E-state index in [4.69, 9.17) is 9.15 Å². The number of alkyl halides is 2. The summed E-state index contributed by atoms with van der Waals surface area (Å²) in [4.78, 5) is 38.8. The summed E-state index contributed by atoms with van der Waals surface area (Å²) in [6.45, 7) is 1.47. The summed E-state index contributed by atoms with van der Waals surface area (Å²) in [5.41, 5.74) is 2.38. The number of anilines is 1. The van der Waals surface area contributed by atoms with Crippen molar-refractivity contribution in [1.29, 1.82) is 0 Å². The Kier molecular flexibility index (Phi) is 6.06. The lowest BCUT2D eigenvalue weighted by Crippen LogP contribution is -2.23. The number of rotatable bonds is 8. The van der Waals surface area contributed by atoms with Gasteiger partial charge in [-0.1, -0.05) is 0 Å². The molecule has 0 saturated heterocycles. The van der Waals surface area contributed by atoms with E-state index in [0.29, 0.717) is 28.3 Å². The molecule has 0 bridgehead atoms. The minimum atomic E-state index is -2.59. The van der Waals surface area contributed by atoms with E-state index in [2.05, 4.69) is 20.3 Å². The van der Waals surface area contributed by atoms with Crippen molar-refractivity contribution in [1.82, 2.24) is 19.9 Å². The smallest absolute Gasteiger partial charge is 0.272 e. The molecule has 1 aliphatic rings. The first kappa shape index (κ1) is 21.3. The van der Waals surface area contributed by atoms with E-state index in [1.807, 2.05) is 0 Å². The molecule has 1 N–H and O–H groups in total. The molecule has 3 aromatic rings. The number of aryl methyl sites for hydroxylation is 1. The van der Waals surface area contributed by atoms with Crippen molar-refractivity contribution in [2.75, 3.05) is 11.9 Å². The Morgan fingerprint density at radius 3 is 2.91 bits per heavy atom. The third kappa shape index (κ3) is 4.71. The molecule has 3 aromatic heterocycles. The number of carbonyl (C=O) groups is 2. The van der Waals surface area contributed by atoms with Crippen LogP contribution in [0.15, 0.2) is 41.5 Å². The average Bonchev–Trinajstić information content (AvgIpc) is 3.36. The van der Waals surface area contributed by atoms with Crippen molar-refractivity contribution in [3.63, 3.8) is 0 Å². The maximum Gasteiger partial charge on any atom is 0.272 e. The number of ether oxygens (including phenoxy) is 1. The van der Waals surface area contributed by atoms with Gasteiger partial charge in [0.1, 0.15) is 11.6 Å². The maximum atomic E-state index is 12.9. The largest absolute Gasteiger partial charge is 0.471 e. The first-order chi connectivity index (χ1) is 15.4. The number of nitrogens with zero attached hydrogens (tertiary/aromatic N) is 4. The fourth-order valence-corrected chi connectivity index (χ4v) is 3.41. The van der Waals surface area contributed by atoms with Crippen LogP contribution in [-0.2, 0) is 24.3 Å². The van der Waals surface area contributed by atoms with Crippen LogP contribution in [0, 0.1) is 6.92 Å². The van der Waals surface area contributed by atoms with Gasteiger partial charge in [0.25, 0.3) is 12.3 Å². The van der Waals surface area contributed by atoms with Gasteiger partial charge < -0.3 is 19.4 Å². The van der Waals surface area contributed by atoms with Gasteiger partial charge in [0, 0.05) is 35.6 Å². The highest BCUT2D eigenvalue weighted by Crippen LogP contribution is 2.29. The van der Waals surface area contributed by atoms with Gasteiger partial charge in [-0.3, -0.25) is 9.59 Å². The molecule has 0 spiro atoms. The topological polar surface area (TPSA) is 110 Å². The normalized spacial score (nSPS) is 12.9. The molecule has 1 aliphatic heterocycles. The summed E-state index contributed by atoms with van der Waals surface area (Å²) in [5.74, 6) is 0.312. The zero-order chi connectivity index (χ0) is 22.7. The van der Waals surface area contributed by atoms with Crippen LogP contribution in [0.25, 0.3) is 0 Å². The second-order valence-electron chi connectivity index (χ2n) is 7.21. The number of hydrogen-bond donors (Lipinski definition) is 1. The standard InChI is InChI=1S/C21H19F2N5O4/c1-12-4-13(6-26-20(12)31-10-17(22)23)8-28-9-16-15(21(28)30)2-3-25-19(16)27-18(29)5-14-7-24-11-32-14/h2-4,6-7,11,17H,5,8-10H2,1H3,(H,25,27,29). The van der Waals surface area contributed by atoms with Crippen molar-refractivity contribution < 1.29 is 27.5 Å². The van der Waals surface area contributed by atoms with Crippen LogP contribution in [0.2, 0.25) is 0 Å².